The first-order chi connectivity index (χ1) is 11.7. The van der Waals surface area contributed by atoms with Crippen LogP contribution in [-0.2, 0) is 0 Å². The van der Waals surface area contributed by atoms with Crippen LogP contribution in [-0.4, -0.2) is 32.1 Å². The molecule has 0 fully saturated rings. The molecule has 3 rings (SSSR count). The van der Waals surface area contributed by atoms with Crippen LogP contribution in [0.2, 0.25) is 0 Å². The molecule has 2 aromatic rings. The average Bonchev–Trinajstić information content (AvgIpc) is 3.10. The summed E-state index contributed by atoms with van der Waals surface area (Å²) in [7, 11) is 4.79. The maximum Gasteiger partial charge on any atom is 0.161 e. The Balaban J connectivity index is 0.00000225. The first-order valence-corrected chi connectivity index (χ1v) is 7.57. The van der Waals surface area contributed by atoms with Crippen molar-refractivity contribution in [3.05, 3.63) is 47.5 Å². The third-order valence-electron chi connectivity index (χ3n) is 4.08. The van der Waals surface area contributed by atoms with Gasteiger partial charge in [0.25, 0.3) is 0 Å². The molecule has 0 aromatic heterocycles. The molecule has 0 amide bonds. The Morgan fingerprint density at radius 2 is 1.76 bits per heavy atom. The summed E-state index contributed by atoms with van der Waals surface area (Å²) in [6, 6.07) is 11.0. The van der Waals surface area contributed by atoms with Gasteiger partial charge in [0.2, 0.25) is 0 Å². The number of phenols is 1. The summed E-state index contributed by atoms with van der Waals surface area (Å²) in [5, 5.41) is 14.5. The second-order valence-corrected chi connectivity index (χ2v) is 5.44. The summed E-state index contributed by atoms with van der Waals surface area (Å²) >= 11 is 0. The molecule has 0 bridgehead atoms. The number of methoxy groups -OCH3 is 3. The minimum atomic E-state index is 0. The van der Waals surface area contributed by atoms with Crippen LogP contribution in [0.15, 0.2) is 41.5 Å². The summed E-state index contributed by atoms with van der Waals surface area (Å²) in [4.78, 5) is 0. The molecule has 1 atom stereocenters. The van der Waals surface area contributed by atoms with Crippen LogP contribution < -0.4 is 19.6 Å². The molecule has 134 valence electrons. The molecule has 2 N–H and O–H groups in total. The third kappa shape index (κ3) is 3.74. The second-order valence-electron chi connectivity index (χ2n) is 5.44. The SMILES string of the molecule is COc1ccc(C2=NNC(c3ccc(OC)c(OC)c3)C2)c(O)c1.Cl. The number of ether oxygens (including phenoxy) is 3. The fourth-order valence-electron chi connectivity index (χ4n) is 2.76. The van der Waals surface area contributed by atoms with Gasteiger partial charge in [-0.15, -0.1) is 12.4 Å². The van der Waals surface area contributed by atoms with Gasteiger partial charge in [0.05, 0.1) is 33.1 Å². The number of hydrazone groups is 1. The predicted octanol–water partition coefficient (Wildman–Crippen LogP) is 3.28. The summed E-state index contributed by atoms with van der Waals surface area (Å²) in [6.45, 7) is 0. The summed E-state index contributed by atoms with van der Waals surface area (Å²) in [5.41, 5.74) is 5.66. The Bertz CT molecular complexity index is 780. The van der Waals surface area contributed by atoms with E-state index in [0.717, 1.165) is 11.3 Å². The van der Waals surface area contributed by atoms with Gasteiger partial charge in [0, 0.05) is 18.1 Å². The van der Waals surface area contributed by atoms with Crippen molar-refractivity contribution in [1.29, 1.82) is 0 Å². The van der Waals surface area contributed by atoms with E-state index >= 15 is 0 Å². The van der Waals surface area contributed by atoms with Crippen molar-refractivity contribution in [3.63, 3.8) is 0 Å². The highest BCUT2D eigenvalue weighted by atomic mass is 35.5. The van der Waals surface area contributed by atoms with Crippen molar-refractivity contribution in [1.82, 2.24) is 5.43 Å². The van der Waals surface area contributed by atoms with E-state index in [-0.39, 0.29) is 24.2 Å². The Kier molecular flexibility index (Phi) is 5.98. The van der Waals surface area contributed by atoms with Gasteiger partial charge in [-0.3, -0.25) is 0 Å². The number of aromatic hydroxyl groups is 1. The number of hydrogen-bond donors (Lipinski definition) is 2. The topological polar surface area (TPSA) is 72.3 Å². The van der Waals surface area contributed by atoms with Gasteiger partial charge in [-0.25, -0.2) is 0 Å². The van der Waals surface area contributed by atoms with Crippen LogP contribution in [0, 0.1) is 0 Å². The molecule has 25 heavy (non-hydrogen) atoms. The fourth-order valence-corrected chi connectivity index (χ4v) is 2.76. The van der Waals surface area contributed by atoms with Gasteiger partial charge in [-0.2, -0.15) is 5.10 Å². The Hall–Kier alpha value is -2.60. The number of nitrogens with one attached hydrogen (secondary N) is 1. The van der Waals surface area contributed by atoms with E-state index in [1.54, 1.807) is 33.5 Å². The fraction of sp³-hybridized carbons (Fsp3) is 0.278. The minimum absolute atomic E-state index is 0. The molecule has 7 heteroatoms. The number of nitrogens with zero attached hydrogens (tertiary/aromatic N) is 1. The maximum absolute atomic E-state index is 10.2. The van der Waals surface area contributed by atoms with Crippen LogP contribution in [0.1, 0.15) is 23.6 Å². The molecule has 1 unspecified atom stereocenters. The molecule has 2 aromatic carbocycles. The van der Waals surface area contributed by atoms with Crippen molar-refractivity contribution in [2.75, 3.05) is 21.3 Å². The molecule has 0 radical (unpaired) electrons. The highest BCUT2D eigenvalue weighted by Crippen LogP contribution is 2.34. The molecule has 0 spiro atoms. The number of benzene rings is 2. The molecular weight excluding hydrogens is 344 g/mol. The van der Waals surface area contributed by atoms with Crippen LogP contribution in [0.5, 0.6) is 23.0 Å². The van der Waals surface area contributed by atoms with E-state index in [1.165, 1.54) is 0 Å². The smallest absolute Gasteiger partial charge is 0.161 e. The monoisotopic (exact) mass is 364 g/mol. The van der Waals surface area contributed by atoms with E-state index in [9.17, 15) is 5.11 Å². The van der Waals surface area contributed by atoms with Crippen molar-refractivity contribution >= 4 is 18.1 Å². The maximum atomic E-state index is 10.2. The standard InChI is InChI=1S/C18H20N2O4.ClH/c1-22-12-5-6-13(16(21)9-12)15-10-14(19-20-15)11-4-7-17(23-2)18(8-11)24-3;/h4-9,14,19,21H,10H2,1-3H3;1H. The first kappa shape index (κ1) is 18.7. The lowest BCUT2D eigenvalue weighted by Gasteiger charge is -2.14. The number of halogens is 1. The molecule has 1 aliphatic rings. The van der Waals surface area contributed by atoms with E-state index in [2.05, 4.69) is 10.5 Å². The van der Waals surface area contributed by atoms with Crippen LogP contribution in [0.3, 0.4) is 0 Å². The first-order valence-electron chi connectivity index (χ1n) is 7.57. The van der Waals surface area contributed by atoms with E-state index in [1.807, 2.05) is 24.3 Å². The Morgan fingerprint density at radius 1 is 1.00 bits per heavy atom. The van der Waals surface area contributed by atoms with E-state index in [4.69, 9.17) is 14.2 Å². The zero-order valence-electron chi connectivity index (χ0n) is 14.3. The molecule has 6 nitrogen and oxygen atoms in total. The quantitative estimate of drug-likeness (QED) is 0.851. The Labute approximate surface area is 152 Å². The Morgan fingerprint density at radius 3 is 2.40 bits per heavy atom. The van der Waals surface area contributed by atoms with Gasteiger partial charge in [0.15, 0.2) is 11.5 Å². The van der Waals surface area contributed by atoms with E-state index < -0.39 is 0 Å². The number of phenolic OH excluding ortho intramolecular Hbond substituents is 1. The van der Waals surface area contributed by atoms with Gasteiger partial charge in [-0.1, -0.05) is 6.07 Å². The number of rotatable bonds is 5. The zero-order chi connectivity index (χ0) is 17.1. The molecular formula is C18H21ClN2O4. The lowest BCUT2D eigenvalue weighted by Crippen LogP contribution is -2.10. The van der Waals surface area contributed by atoms with Gasteiger partial charge >= 0.3 is 0 Å². The highest BCUT2D eigenvalue weighted by molar-refractivity contribution is 6.04. The van der Waals surface area contributed by atoms with Gasteiger partial charge < -0.3 is 24.7 Å². The zero-order valence-corrected chi connectivity index (χ0v) is 15.1. The molecule has 0 saturated heterocycles. The van der Waals surface area contributed by atoms with Gasteiger partial charge in [-0.05, 0) is 29.8 Å². The lowest BCUT2D eigenvalue weighted by molar-refractivity contribution is 0.354. The lowest BCUT2D eigenvalue weighted by atomic mass is 9.98. The second kappa shape index (κ2) is 7.98. The van der Waals surface area contributed by atoms with E-state index in [0.29, 0.717) is 29.2 Å². The highest BCUT2D eigenvalue weighted by Gasteiger charge is 2.24. The largest absolute Gasteiger partial charge is 0.507 e. The van der Waals surface area contributed by atoms with Crippen molar-refractivity contribution in [2.45, 2.75) is 12.5 Å². The predicted molar refractivity (Wildman–Crippen MR) is 98.5 cm³/mol. The normalized spacial score (nSPS) is 15.6. The summed E-state index contributed by atoms with van der Waals surface area (Å²) in [5.74, 6) is 2.13. The number of hydrogen-bond acceptors (Lipinski definition) is 6. The molecule has 1 heterocycles. The van der Waals surface area contributed by atoms with Crippen LogP contribution in [0.25, 0.3) is 0 Å². The van der Waals surface area contributed by atoms with Crippen LogP contribution in [0.4, 0.5) is 0 Å². The van der Waals surface area contributed by atoms with Crippen molar-refractivity contribution < 1.29 is 19.3 Å². The van der Waals surface area contributed by atoms with Crippen LogP contribution >= 0.6 is 12.4 Å². The summed E-state index contributed by atoms with van der Waals surface area (Å²) in [6.07, 6.45) is 0.662. The summed E-state index contributed by atoms with van der Waals surface area (Å²) < 4.78 is 15.7. The third-order valence-corrected chi connectivity index (χ3v) is 4.08. The van der Waals surface area contributed by atoms with Crippen molar-refractivity contribution in [2.24, 2.45) is 5.10 Å². The molecule has 0 saturated carbocycles. The average molecular weight is 365 g/mol. The molecule has 1 aliphatic heterocycles. The van der Waals surface area contributed by atoms with Crippen molar-refractivity contribution in [3.8, 4) is 23.0 Å². The molecule has 0 aliphatic carbocycles. The minimum Gasteiger partial charge on any atom is -0.507 e. The van der Waals surface area contributed by atoms with Gasteiger partial charge in [0.1, 0.15) is 11.5 Å².